The molecule has 0 atom stereocenters. The summed E-state index contributed by atoms with van der Waals surface area (Å²) in [4.78, 5) is 49.1. The number of amides is 1. The Bertz CT molecular complexity index is 1060. The first kappa shape index (κ1) is 23.8. The second kappa shape index (κ2) is 10.6. The Labute approximate surface area is 189 Å². The standard InChI is InChI=1S/C22H24N4O7/c1-33-22(28)20-14-19(26(31)32)7-4-17(20)9-10-23-12-13-24(21(27)15-23)11-8-16-2-5-18(6-3-16)25(29)30/h2-7,14H,8-13,15H2,1H3. The number of piperazine rings is 1. The van der Waals surface area contributed by atoms with Crippen LogP contribution in [0, 0.1) is 20.2 Å². The maximum absolute atomic E-state index is 12.6. The number of ether oxygens (including phenoxy) is 1. The van der Waals surface area contributed by atoms with Crippen molar-refractivity contribution < 1.29 is 24.2 Å². The van der Waals surface area contributed by atoms with Crippen LogP contribution in [-0.2, 0) is 22.4 Å². The molecular weight excluding hydrogens is 432 g/mol. The molecule has 0 N–H and O–H groups in total. The highest BCUT2D eigenvalue weighted by atomic mass is 16.6. The van der Waals surface area contributed by atoms with E-state index in [1.807, 2.05) is 4.90 Å². The SMILES string of the molecule is COC(=O)c1cc([N+](=O)[O-])ccc1CCN1CCN(CCc2ccc([N+](=O)[O-])cc2)C(=O)C1. The Morgan fingerprint density at radius 3 is 2.24 bits per heavy atom. The monoisotopic (exact) mass is 456 g/mol. The molecule has 0 radical (unpaired) electrons. The summed E-state index contributed by atoms with van der Waals surface area (Å²) < 4.78 is 4.75. The number of hydrogen-bond acceptors (Lipinski definition) is 8. The first-order chi connectivity index (χ1) is 15.8. The van der Waals surface area contributed by atoms with E-state index in [1.54, 1.807) is 23.1 Å². The number of nitro benzene ring substituents is 2. The predicted molar refractivity (Wildman–Crippen MR) is 118 cm³/mol. The number of nitro groups is 2. The number of hydrogen-bond donors (Lipinski definition) is 0. The highest BCUT2D eigenvalue weighted by Gasteiger charge is 2.24. The van der Waals surface area contributed by atoms with E-state index in [0.29, 0.717) is 44.6 Å². The third kappa shape index (κ3) is 6.10. The zero-order chi connectivity index (χ0) is 24.0. The minimum absolute atomic E-state index is 0.0138. The second-order valence-corrected chi connectivity index (χ2v) is 7.67. The van der Waals surface area contributed by atoms with Crippen LogP contribution in [0.15, 0.2) is 42.5 Å². The van der Waals surface area contributed by atoms with E-state index < -0.39 is 15.8 Å². The molecule has 33 heavy (non-hydrogen) atoms. The van der Waals surface area contributed by atoms with Crippen molar-refractivity contribution in [2.75, 3.05) is 39.8 Å². The Morgan fingerprint density at radius 2 is 1.64 bits per heavy atom. The maximum Gasteiger partial charge on any atom is 0.338 e. The molecule has 0 aliphatic carbocycles. The zero-order valence-electron chi connectivity index (χ0n) is 18.1. The molecule has 0 spiro atoms. The van der Waals surface area contributed by atoms with Crippen molar-refractivity contribution in [1.82, 2.24) is 9.80 Å². The number of methoxy groups -OCH3 is 1. The number of nitrogens with zero attached hydrogens (tertiary/aromatic N) is 4. The number of benzene rings is 2. The van der Waals surface area contributed by atoms with E-state index in [9.17, 15) is 29.8 Å². The number of carbonyl (C=O) groups is 2. The number of carbonyl (C=O) groups excluding carboxylic acids is 2. The minimum Gasteiger partial charge on any atom is -0.465 e. The molecule has 174 valence electrons. The van der Waals surface area contributed by atoms with Gasteiger partial charge in [-0.1, -0.05) is 18.2 Å². The average molecular weight is 456 g/mol. The molecule has 0 saturated carbocycles. The van der Waals surface area contributed by atoms with Crippen LogP contribution >= 0.6 is 0 Å². The van der Waals surface area contributed by atoms with E-state index in [2.05, 4.69) is 0 Å². The summed E-state index contributed by atoms with van der Waals surface area (Å²) in [6.45, 7) is 2.49. The summed E-state index contributed by atoms with van der Waals surface area (Å²) in [7, 11) is 1.22. The third-order valence-corrected chi connectivity index (χ3v) is 5.62. The van der Waals surface area contributed by atoms with Gasteiger partial charge in [-0.15, -0.1) is 0 Å². The van der Waals surface area contributed by atoms with E-state index >= 15 is 0 Å². The van der Waals surface area contributed by atoms with Gasteiger partial charge in [-0.25, -0.2) is 4.79 Å². The van der Waals surface area contributed by atoms with Crippen LogP contribution in [0.2, 0.25) is 0 Å². The van der Waals surface area contributed by atoms with Gasteiger partial charge in [0.1, 0.15) is 0 Å². The normalized spacial score (nSPS) is 14.2. The molecular formula is C22H24N4O7. The quantitative estimate of drug-likeness (QED) is 0.318. The Kier molecular flexibility index (Phi) is 7.67. The molecule has 0 aromatic heterocycles. The van der Waals surface area contributed by atoms with Crippen LogP contribution in [0.1, 0.15) is 21.5 Å². The second-order valence-electron chi connectivity index (χ2n) is 7.67. The molecule has 0 unspecified atom stereocenters. The van der Waals surface area contributed by atoms with Gasteiger partial charge in [0, 0.05) is 50.4 Å². The van der Waals surface area contributed by atoms with Gasteiger partial charge in [0.2, 0.25) is 5.91 Å². The lowest BCUT2D eigenvalue weighted by Gasteiger charge is -2.34. The largest absolute Gasteiger partial charge is 0.465 e. The summed E-state index contributed by atoms with van der Waals surface area (Å²) in [6, 6.07) is 10.4. The predicted octanol–water partition coefficient (Wildman–Crippen LogP) is 2.22. The summed E-state index contributed by atoms with van der Waals surface area (Å²) >= 11 is 0. The molecule has 2 aromatic rings. The fraction of sp³-hybridized carbons (Fsp3) is 0.364. The summed E-state index contributed by atoms with van der Waals surface area (Å²) in [6.07, 6.45) is 1.05. The lowest BCUT2D eigenvalue weighted by atomic mass is 10.0. The summed E-state index contributed by atoms with van der Waals surface area (Å²) in [5, 5.41) is 21.8. The van der Waals surface area contributed by atoms with Gasteiger partial charge in [-0.05, 0) is 24.0 Å². The molecule has 1 aliphatic rings. The molecule has 0 bridgehead atoms. The molecule has 2 aromatic carbocycles. The van der Waals surface area contributed by atoms with Crippen molar-refractivity contribution >= 4 is 23.3 Å². The van der Waals surface area contributed by atoms with Gasteiger partial charge in [0.25, 0.3) is 11.4 Å². The Hall–Kier alpha value is -3.86. The molecule has 1 aliphatic heterocycles. The molecule has 11 heteroatoms. The van der Waals surface area contributed by atoms with Gasteiger partial charge in [0.15, 0.2) is 0 Å². The first-order valence-corrected chi connectivity index (χ1v) is 10.4. The Balaban J connectivity index is 1.53. The molecule has 1 fully saturated rings. The fourth-order valence-corrected chi connectivity index (χ4v) is 3.71. The van der Waals surface area contributed by atoms with Crippen molar-refractivity contribution in [3.8, 4) is 0 Å². The van der Waals surface area contributed by atoms with Gasteiger partial charge in [-0.2, -0.15) is 0 Å². The minimum atomic E-state index is -0.638. The number of non-ortho nitro benzene ring substituents is 2. The topological polar surface area (TPSA) is 136 Å². The van der Waals surface area contributed by atoms with E-state index in [1.165, 1.54) is 31.4 Å². The smallest absolute Gasteiger partial charge is 0.338 e. The first-order valence-electron chi connectivity index (χ1n) is 10.4. The summed E-state index contributed by atoms with van der Waals surface area (Å²) in [5.74, 6) is -0.652. The van der Waals surface area contributed by atoms with Crippen molar-refractivity contribution in [1.29, 1.82) is 0 Å². The van der Waals surface area contributed by atoms with Crippen LogP contribution < -0.4 is 0 Å². The molecule has 1 amide bonds. The van der Waals surface area contributed by atoms with E-state index in [0.717, 1.165) is 5.56 Å². The zero-order valence-corrected chi connectivity index (χ0v) is 18.1. The maximum atomic E-state index is 12.6. The molecule has 3 rings (SSSR count). The number of rotatable bonds is 9. The van der Waals surface area contributed by atoms with Crippen LogP contribution in [0.5, 0.6) is 0 Å². The van der Waals surface area contributed by atoms with Crippen molar-refractivity contribution in [3.63, 3.8) is 0 Å². The van der Waals surface area contributed by atoms with Crippen LogP contribution in [0.4, 0.5) is 11.4 Å². The fourth-order valence-electron chi connectivity index (χ4n) is 3.71. The van der Waals surface area contributed by atoms with Crippen molar-refractivity contribution in [2.45, 2.75) is 12.8 Å². The third-order valence-electron chi connectivity index (χ3n) is 5.62. The van der Waals surface area contributed by atoms with Crippen LogP contribution in [-0.4, -0.2) is 71.4 Å². The van der Waals surface area contributed by atoms with Crippen LogP contribution in [0.3, 0.4) is 0 Å². The molecule has 11 nitrogen and oxygen atoms in total. The van der Waals surface area contributed by atoms with Gasteiger partial charge >= 0.3 is 5.97 Å². The van der Waals surface area contributed by atoms with Crippen molar-refractivity contribution in [2.24, 2.45) is 0 Å². The lowest BCUT2D eigenvalue weighted by molar-refractivity contribution is -0.385. The van der Waals surface area contributed by atoms with Gasteiger partial charge in [0.05, 0.1) is 29.1 Å². The van der Waals surface area contributed by atoms with E-state index in [-0.39, 0.29) is 29.4 Å². The Morgan fingerprint density at radius 1 is 0.970 bits per heavy atom. The molecule has 1 saturated heterocycles. The average Bonchev–Trinajstić information content (AvgIpc) is 2.81. The van der Waals surface area contributed by atoms with E-state index in [4.69, 9.17) is 4.74 Å². The van der Waals surface area contributed by atoms with Crippen LogP contribution in [0.25, 0.3) is 0 Å². The molecule has 1 heterocycles. The van der Waals surface area contributed by atoms with Gasteiger partial charge in [-0.3, -0.25) is 29.9 Å². The highest BCUT2D eigenvalue weighted by Crippen LogP contribution is 2.20. The lowest BCUT2D eigenvalue weighted by Crippen LogP contribution is -2.51. The number of esters is 1. The van der Waals surface area contributed by atoms with Gasteiger partial charge < -0.3 is 9.64 Å². The highest BCUT2D eigenvalue weighted by molar-refractivity contribution is 5.91. The summed E-state index contributed by atoms with van der Waals surface area (Å²) in [5.41, 5.74) is 1.55. The van der Waals surface area contributed by atoms with Crippen molar-refractivity contribution in [3.05, 3.63) is 79.4 Å².